The van der Waals surface area contributed by atoms with E-state index in [1.807, 2.05) is 36.4 Å². The van der Waals surface area contributed by atoms with Crippen LogP contribution in [-0.2, 0) is 9.63 Å². The minimum absolute atomic E-state index is 0.0382. The van der Waals surface area contributed by atoms with Gasteiger partial charge in [0.1, 0.15) is 25.0 Å². The highest BCUT2D eigenvalue weighted by Gasteiger charge is 2.24. The van der Waals surface area contributed by atoms with E-state index in [-0.39, 0.29) is 13.0 Å². The summed E-state index contributed by atoms with van der Waals surface area (Å²) in [6.45, 7) is 0.773. The maximum absolute atomic E-state index is 10.3. The van der Waals surface area contributed by atoms with Gasteiger partial charge in [0.25, 0.3) is 0 Å². The number of benzene rings is 2. The molecule has 2 aromatic carbocycles. The summed E-state index contributed by atoms with van der Waals surface area (Å²) < 4.78 is 0. The van der Waals surface area contributed by atoms with Crippen molar-refractivity contribution >= 4 is 11.7 Å². The van der Waals surface area contributed by atoms with Gasteiger partial charge in [0.15, 0.2) is 0 Å². The highest BCUT2D eigenvalue weighted by molar-refractivity contribution is 6.24. The summed E-state index contributed by atoms with van der Waals surface area (Å²) in [6, 6.07) is 16.0. The summed E-state index contributed by atoms with van der Waals surface area (Å²) in [6.07, 6.45) is -0.762. The van der Waals surface area contributed by atoms with E-state index >= 15 is 0 Å². The molecule has 0 aliphatic heterocycles. The lowest BCUT2D eigenvalue weighted by atomic mass is 10.1. The molecule has 25 heavy (non-hydrogen) atoms. The van der Waals surface area contributed by atoms with Crippen LogP contribution in [0.3, 0.4) is 0 Å². The van der Waals surface area contributed by atoms with Crippen LogP contribution in [0.25, 0.3) is 11.1 Å². The number of carbonyl (C=O) groups is 1. The fraction of sp³-hybridized carbons (Fsp3) is 0.263. The molecular formula is C19H20N2O4. The lowest BCUT2D eigenvalue weighted by Gasteiger charge is -2.09. The first-order valence-electron chi connectivity index (χ1n) is 8.25. The van der Waals surface area contributed by atoms with Crippen molar-refractivity contribution in [2.75, 3.05) is 19.7 Å². The zero-order valence-electron chi connectivity index (χ0n) is 13.7. The number of carbonyl (C=O) groups excluding carboxylic acids is 1. The standard InChI is InChI=1S/C19H20N2O4/c22-13(11-20-10-9-18(23)24)12-25-21-19-16-7-3-1-5-14(16)15-6-2-4-8-17(15)19/h1-8,13,20,22H,9-12H2,(H,23,24)/t13-/m0/s1. The van der Waals surface area contributed by atoms with Gasteiger partial charge >= 0.3 is 0 Å². The van der Waals surface area contributed by atoms with E-state index in [0.717, 1.165) is 28.0 Å². The molecule has 0 saturated heterocycles. The van der Waals surface area contributed by atoms with Crippen molar-refractivity contribution in [2.24, 2.45) is 5.16 Å². The van der Waals surface area contributed by atoms with Crippen LogP contribution >= 0.6 is 0 Å². The molecule has 0 heterocycles. The van der Waals surface area contributed by atoms with Crippen LogP contribution in [0.5, 0.6) is 0 Å². The van der Waals surface area contributed by atoms with Crippen molar-refractivity contribution in [2.45, 2.75) is 12.5 Å². The molecule has 130 valence electrons. The number of hydrogen-bond acceptors (Lipinski definition) is 5. The maximum Gasteiger partial charge on any atom is 0.148 e. The van der Waals surface area contributed by atoms with Crippen LogP contribution in [0.1, 0.15) is 17.5 Å². The van der Waals surface area contributed by atoms with Crippen LogP contribution in [0.15, 0.2) is 53.7 Å². The number of fused-ring (bicyclic) bond motifs is 3. The highest BCUT2D eigenvalue weighted by atomic mass is 16.6. The number of rotatable bonds is 8. The number of aliphatic hydroxyl groups is 1. The van der Waals surface area contributed by atoms with Gasteiger partial charge in [-0.15, -0.1) is 0 Å². The molecule has 6 nitrogen and oxygen atoms in total. The molecule has 0 fully saturated rings. The minimum atomic E-state index is -1.09. The van der Waals surface area contributed by atoms with Crippen molar-refractivity contribution in [3.63, 3.8) is 0 Å². The molecule has 1 atom stereocenters. The van der Waals surface area contributed by atoms with Gasteiger partial charge < -0.3 is 25.2 Å². The van der Waals surface area contributed by atoms with E-state index in [1.165, 1.54) is 0 Å². The lowest BCUT2D eigenvalue weighted by molar-refractivity contribution is -0.660. The van der Waals surface area contributed by atoms with E-state index < -0.39 is 12.1 Å². The molecule has 0 amide bonds. The van der Waals surface area contributed by atoms with Gasteiger partial charge in [0.05, 0.1) is 6.54 Å². The van der Waals surface area contributed by atoms with Crippen LogP contribution in [0, 0.1) is 0 Å². The predicted octanol–water partition coefficient (Wildman–Crippen LogP) is -0.500. The Kier molecular flexibility index (Phi) is 5.42. The quantitative estimate of drug-likeness (QED) is 0.427. The number of nitrogens with zero attached hydrogens (tertiary/aromatic N) is 1. The normalized spacial score (nSPS) is 13.1. The summed E-state index contributed by atoms with van der Waals surface area (Å²) in [5.74, 6) is -1.09. The Morgan fingerprint density at radius 3 is 2.20 bits per heavy atom. The number of carboxylic acid groups (broad SMARTS) is 1. The SMILES string of the molecule is O=C([O-])CC[NH2+]C[C@H](O)CON=C1c2ccccc2-c2ccccc21. The van der Waals surface area contributed by atoms with Crippen LogP contribution in [0.2, 0.25) is 0 Å². The molecule has 6 heteroatoms. The van der Waals surface area contributed by atoms with Crippen LogP contribution in [0.4, 0.5) is 0 Å². The van der Waals surface area contributed by atoms with Gasteiger partial charge in [-0.3, -0.25) is 0 Å². The van der Waals surface area contributed by atoms with E-state index in [4.69, 9.17) is 4.84 Å². The number of hydrogen-bond donors (Lipinski definition) is 2. The molecule has 0 aromatic heterocycles. The predicted molar refractivity (Wildman–Crippen MR) is 90.8 cm³/mol. The van der Waals surface area contributed by atoms with Gasteiger partial charge in [-0.2, -0.15) is 0 Å². The Morgan fingerprint density at radius 1 is 1.08 bits per heavy atom. The molecule has 1 aliphatic rings. The zero-order valence-corrected chi connectivity index (χ0v) is 13.7. The molecule has 0 spiro atoms. The zero-order chi connectivity index (χ0) is 17.6. The number of carboxylic acids is 1. The molecule has 3 N–H and O–H groups in total. The maximum atomic E-state index is 10.3. The molecule has 1 aliphatic carbocycles. The average Bonchev–Trinajstić information content (AvgIpc) is 2.93. The topological polar surface area (TPSA) is 98.6 Å². The second-order valence-electron chi connectivity index (χ2n) is 5.92. The Labute approximate surface area is 145 Å². The van der Waals surface area contributed by atoms with E-state index in [1.54, 1.807) is 5.32 Å². The summed E-state index contributed by atoms with van der Waals surface area (Å²) in [5, 5.41) is 26.2. The van der Waals surface area contributed by atoms with Gasteiger partial charge in [0, 0.05) is 23.5 Å². The molecule has 0 radical (unpaired) electrons. The summed E-state index contributed by atoms with van der Waals surface area (Å²) in [4.78, 5) is 15.7. The van der Waals surface area contributed by atoms with Gasteiger partial charge in [-0.25, -0.2) is 0 Å². The van der Waals surface area contributed by atoms with Crippen LogP contribution in [-0.4, -0.2) is 42.6 Å². The fourth-order valence-corrected chi connectivity index (χ4v) is 2.88. The van der Waals surface area contributed by atoms with E-state index in [9.17, 15) is 15.0 Å². The Bertz CT molecular complexity index is 741. The minimum Gasteiger partial charge on any atom is -0.550 e. The first kappa shape index (κ1) is 17.1. The van der Waals surface area contributed by atoms with Gasteiger partial charge in [0.2, 0.25) is 0 Å². The summed E-state index contributed by atoms with van der Waals surface area (Å²) in [7, 11) is 0. The first-order valence-corrected chi connectivity index (χ1v) is 8.25. The van der Waals surface area contributed by atoms with E-state index in [2.05, 4.69) is 17.3 Å². The first-order chi connectivity index (χ1) is 12.2. The Morgan fingerprint density at radius 2 is 1.64 bits per heavy atom. The molecule has 2 aromatic rings. The third kappa shape index (κ3) is 4.04. The number of nitrogens with two attached hydrogens (primary N) is 1. The second-order valence-corrected chi connectivity index (χ2v) is 5.92. The smallest absolute Gasteiger partial charge is 0.148 e. The number of oxime groups is 1. The number of quaternary nitrogens is 1. The highest BCUT2D eigenvalue weighted by Crippen LogP contribution is 2.36. The largest absolute Gasteiger partial charge is 0.550 e. The third-order valence-electron chi connectivity index (χ3n) is 4.07. The van der Waals surface area contributed by atoms with Gasteiger partial charge in [-0.1, -0.05) is 53.7 Å². The Balaban J connectivity index is 1.61. The second kappa shape index (κ2) is 7.92. The number of aliphatic hydroxyl groups excluding tert-OH is 1. The molecule has 0 unspecified atom stereocenters. The van der Waals surface area contributed by atoms with Crippen molar-refractivity contribution < 1.29 is 25.2 Å². The summed E-state index contributed by atoms with van der Waals surface area (Å²) in [5.41, 5.74) is 5.03. The number of aliphatic carboxylic acids is 1. The average molecular weight is 340 g/mol. The molecule has 3 rings (SSSR count). The monoisotopic (exact) mass is 340 g/mol. The molecule has 0 saturated carbocycles. The third-order valence-corrected chi connectivity index (χ3v) is 4.07. The van der Waals surface area contributed by atoms with E-state index in [0.29, 0.717) is 13.1 Å². The Hall–Kier alpha value is -2.70. The lowest BCUT2D eigenvalue weighted by Crippen LogP contribution is -2.87. The van der Waals surface area contributed by atoms with Crippen LogP contribution < -0.4 is 10.4 Å². The van der Waals surface area contributed by atoms with Crippen molar-refractivity contribution in [3.8, 4) is 11.1 Å². The summed E-state index contributed by atoms with van der Waals surface area (Å²) >= 11 is 0. The fourth-order valence-electron chi connectivity index (χ4n) is 2.88. The van der Waals surface area contributed by atoms with Crippen molar-refractivity contribution in [3.05, 3.63) is 59.7 Å². The molecule has 0 bridgehead atoms. The molecular weight excluding hydrogens is 320 g/mol. The van der Waals surface area contributed by atoms with Gasteiger partial charge in [-0.05, 0) is 11.1 Å². The van der Waals surface area contributed by atoms with Crippen molar-refractivity contribution in [1.29, 1.82) is 0 Å². The van der Waals surface area contributed by atoms with Crippen molar-refractivity contribution in [1.82, 2.24) is 0 Å².